The van der Waals surface area contributed by atoms with E-state index in [-0.39, 0.29) is 5.56 Å². The van der Waals surface area contributed by atoms with Crippen LogP contribution in [0.1, 0.15) is 5.56 Å². The van der Waals surface area contributed by atoms with Crippen molar-refractivity contribution in [1.29, 1.82) is 0 Å². The van der Waals surface area contributed by atoms with Crippen LogP contribution in [-0.4, -0.2) is 33.0 Å². The average molecular weight is 319 g/mol. The van der Waals surface area contributed by atoms with Crippen LogP contribution in [0.3, 0.4) is 0 Å². The van der Waals surface area contributed by atoms with Crippen LogP contribution in [0.15, 0.2) is 58.9 Å². The maximum Gasteiger partial charge on any atom is 0.298 e. The minimum Gasteiger partial charge on any atom is -0.497 e. The third kappa shape index (κ3) is 2.32. The molecule has 24 heavy (non-hydrogen) atoms. The molecule has 4 aromatic rings. The SMILES string of the molecule is COc1ccc2c(c1)[nH]c1c(=O)n(/N=C\c3ccncc3)cnc12. The third-order valence-electron chi connectivity index (χ3n) is 3.73. The second-order valence-electron chi connectivity index (χ2n) is 5.18. The third-order valence-corrected chi connectivity index (χ3v) is 3.73. The van der Waals surface area contributed by atoms with Crippen molar-refractivity contribution < 1.29 is 4.74 Å². The standard InChI is InChI=1S/C17H13N5O2/c1-24-12-2-3-13-14(8-12)21-16-15(13)19-10-22(17(16)23)20-9-11-4-6-18-7-5-11/h2-10,21H,1H3/b20-9-. The molecule has 0 atom stereocenters. The number of nitrogens with one attached hydrogen (secondary N) is 1. The normalized spacial score (nSPS) is 11.5. The molecule has 0 aliphatic carbocycles. The highest BCUT2D eigenvalue weighted by Gasteiger charge is 2.11. The molecule has 1 aromatic carbocycles. The number of aromatic amines is 1. The van der Waals surface area contributed by atoms with Crippen molar-refractivity contribution in [3.8, 4) is 5.75 Å². The van der Waals surface area contributed by atoms with Crippen LogP contribution in [0.25, 0.3) is 21.9 Å². The van der Waals surface area contributed by atoms with E-state index in [0.29, 0.717) is 16.8 Å². The summed E-state index contributed by atoms with van der Waals surface area (Å²) in [6.07, 6.45) is 6.33. The number of hydrogen-bond acceptors (Lipinski definition) is 5. The monoisotopic (exact) mass is 319 g/mol. The molecule has 7 heteroatoms. The van der Waals surface area contributed by atoms with E-state index in [1.165, 1.54) is 11.0 Å². The van der Waals surface area contributed by atoms with Gasteiger partial charge in [0.25, 0.3) is 5.56 Å². The second kappa shape index (κ2) is 5.62. The number of nitrogens with zero attached hydrogens (tertiary/aromatic N) is 4. The Labute approximate surface area is 136 Å². The fourth-order valence-electron chi connectivity index (χ4n) is 2.52. The van der Waals surface area contributed by atoms with E-state index in [1.54, 1.807) is 37.9 Å². The molecule has 1 N–H and O–H groups in total. The molecule has 0 aliphatic heterocycles. The molecule has 0 spiro atoms. The summed E-state index contributed by atoms with van der Waals surface area (Å²) in [5.74, 6) is 0.713. The van der Waals surface area contributed by atoms with E-state index in [0.717, 1.165) is 16.5 Å². The molecule has 4 rings (SSSR count). The van der Waals surface area contributed by atoms with Crippen LogP contribution >= 0.6 is 0 Å². The minimum atomic E-state index is -0.263. The maximum atomic E-state index is 12.6. The number of methoxy groups -OCH3 is 1. The van der Waals surface area contributed by atoms with Crippen molar-refractivity contribution in [3.05, 3.63) is 65.0 Å². The molecule has 0 saturated heterocycles. The number of pyridine rings is 1. The fraction of sp³-hybridized carbons (Fsp3) is 0.0588. The lowest BCUT2D eigenvalue weighted by atomic mass is 10.2. The van der Waals surface area contributed by atoms with Gasteiger partial charge in [0.2, 0.25) is 0 Å². The number of hydrogen-bond donors (Lipinski definition) is 1. The molecule has 0 saturated carbocycles. The van der Waals surface area contributed by atoms with E-state index in [4.69, 9.17) is 4.74 Å². The van der Waals surface area contributed by atoms with E-state index < -0.39 is 0 Å². The first kappa shape index (κ1) is 14.1. The largest absolute Gasteiger partial charge is 0.497 e. The van der Waals surface area contributed by atoms with Crippen molar-refractivity contribution in [3.63, 3.8) is 0 Å². The highest BCUT2D eigenvalue weighted by atomic mass is 16.5. The average Bonchev–Trinajstić information content (AvgIpc) is 3.00. The molecular weight excluding hydrogens is 306 g/mol. The molecule has 0 bridgehead atoms. The molecule has 0 aliphatic rings. The Bertz CT molecular complexity index is 1110. The summed E-state index contributed by atoms with van der Waals surface area (Å²) in [7, 11) is 1.60. The van der Waals surface area contributed by atoms with E-state index in [1.807, 2.05) is 18.2 Å². The Kier molecular flexibility index (Phi) is 3.31. The van der Waals surface area contributed by atoms with Gasteiger partial charge in [-0.25, -0.2) is 4.98 Å². The zero-order valence-corrected chi connectivity index (χ0v) is 12.8. The topological polar surface area (TPSA) is 85.2 Å². The number of ether oxygens (including phenoxy) is 1. The number of aromatic nitrogens is 4. The molecular formula is C17H13N5O2. The van der Waals surface area contributed by atoms with Crippen molar-refractivity contribution in [1.82, 2.24) is 19.6 Å². The van der Waals surface area contributed by atoms with Crippen molar-refractivity contribution in [2.24, 2.45) is 5.10 Å². The predicted octanol–water partition coefficient (Wildman–Crippen LogP) is 2.16. The molecule has 0 radical (unpaired) electrons. The van der Waals surface area contributed by atoms with Crippen LogP contribution in [0.2, 0.25) is 0 Å². The number of rotatable bonds is 3. The summed E-state index contributed by atoms with van der Waals surface area (Å²) in [5, 5.41) is 5.04. The first-order valence-corrected chi connectivity index (χ1v) is 7.28. The van der Waals surface area contributed by atoms with Gasteiger partial charge in [0.05, 0.1) is 18.8 Å². The summed E-state index contributed by atoms with van der Waals surface area (Å²) in [6.45, 7) is 0. The summed E-state index contributed by atoms with van der Waals surface area (Å²) in [4.78, 5) is 24.0. The minimum absolute atomic E-state index is 0.263. The quantitative estimate of drug-likeness (QED) is 0.586. The van der Waals surface area contributed by atoms with Gasteiger partial charge in [-0.15, -0.1) is 0 Å². The fourth-order valence-corrected chi connectivity index (χ4v) is 2.52. The van der Waals surface area contributed by atoms with Crippen LogP contribution in [0, 0.1) is 0 Å². The second-order valence-corrected chi connectivity index (χ2v) is 5.18. The molecule has 0 amide bonds. The molecule has 0 unspecified atom stereocenters. The number of benzene rings is 1. The van der Waals surface area contributed by atoms with E-state index >= 15 is 0 Å². The predicted molar refractivity (Wildman–Crippen MR) is 91.6 cm³/mol. The lowest BCUT2D eigenvalue weighted by molar-refractivity contribution is 0.415. The first-order valence-electron chi connectivity index (χ1n) is 7.28. The summed E-state index contributed by atoms with van der Waals surface area (Å²) in [5.41, 5.74) is 2.41. The van der Waals surface area contributed by atoms with Crippen LogP contribution in [0.4, 0.5) is 0 Å². The number of fused-ring (bicyclic) bond motifs is 3. The molecule has 3 heterocycles. The first-order chi connectivity index (χ1) is 11.8. The highest BCUT2D eigenvalue weighted by molar-refractivity contribution is 6.04. The van der Waals surface area contributed by atoms with E-state index in [9.17, 15) is 4.79 Å². The van der Waals surface area contributed by atoms with Gasteiger partial charge < -0.3 is 9.72 Å². The van der Waals surface area contributed by atoms with Crippen LogP contribution < -0.4 is 10.3 Å². The van der Waals surface area contributed by atoms with Gasteiger partial charge in [0, 0.05) is 23.8 Å². The molecule has 0 fully saturated rings. The van der Waals surface area contributed by atoms with Gasteiger partial charge in [-0.05, 0) is 29.8 Å². The van der Waals surface area contributed by atoms with Gasteiger partial charge in [-0.1, -0.05) is 0 Å². The summed E-state index contributed by atoms with van der Waals surface area (Å²) >= 11 is 0. The van der Waals surface area contributed by atoms with Crippen LogP contribution in [0.5, 0.6) is 5.75 Å². The van der Waals surface area contributed by atoms with Crippen molar-refractivity contribution >= 4 is 28.2 Å². The Morgan fingerprint density at radius 3 is 2.88 bits per heavy atom. The Balaban J connectivity index is 1.84. The molecule has 7 nitrogen and oxygen atoms in total. The van der Waals surface area contributed by atoms with Crippen molar-refractivity contribution in [2.75, 3.05) is 7.11 Å². The Hall–Kier alpha value is -3.48. The van der Waals surface area contributed by atoms with Crippen LogP contribution in [-0.2, 0) is 0 Å². The number of H-pyrrole nitrogens is 1. The smallest absolute Gasteiger partial charge is 0.298 e. The Morgan fingerprint density at radius 2 is 2.08 bits per heavy atom. The zero-order chi connectivity index (χ0) is 16.5. The lowest BCUT2D eigenvalue weighted by Crippen LogP contribution is -2.17. The van der Waals surface area contributed by atoms with Gasteiger partial charge in [-0.2, -0.15) is 9.78 Å². The molecule has 3 aromatic heterocycles. The summed E-state index contributed by atoms with van der Waals surface area (Å²) in [6, 6.07) is 9.15. The van der Waals surface area contributed by atoms with Gasteiger partial charge in [-0.3, -0.25) is 9.78 Å². The summed E-state index contributed by atoms with van der Waals surface area (Å²) < 4.78 is 6.41. The van der Waals surface area contributed by atoms with Gasteiger partial charge in [0.15, 0.2) is 0 Å². The van der Waals surface area contributed by atoms with Crippen molar-refractivity contribution in [2.45, 2.75) is 0 Å². The maximum absolute atomic E-state index is 12.6. The Morgan fingerprint density at radius 1 is 1.25 bits per heavy atom. The lowest BCUT2D eigenvalue weighted by Gasteiger charge is -1.98. The van der Waals surface area contributed by atoms with E-state index in [2.05, 4.69) is 20.1 Å². The van der Waals surface area contributed by atoms with Gasteiger partial charge in [0.1, 0.15) is 23.1 Å². The van der Waals surface area contributed by atoms with Gasteiger partial charge >= 0.3 is 0 Å². The zero-order valence-electron chi connectivity index (χ0n) is 12.8. The highest BCUT2D eigenvalue weighted by Crippen LogP contribution is 2.25. The molecule has 118 valence electrons.